The number of imidazole rings is 1. The number of fused-ring (bicyclic) bond motifs is 1. The molecule has 2 unspecified atom stereocenters. The number of rotatable bonds is 12. The lowest BCUT2D eigenvalue weighted by Gasteiger charge is -2.33. The Morgan fingerprint density at radius 1 is 1.14 bits per heavy atom. The van der Waals surface area contributed by atoms with Gasteiger partial charge in [-0.2, -0.15) is 0 Å². The number of carbonyl (C=O) groups excluding carboxylic acids is 2. The molecule has 1 aromatic carbocycles. The van der Waals surface area contributed by atoms with Crippen molar-refractivity contribution < 1.29 is 40.3 Å². The first-order valence-corrected chi connectivity index (χ1v) is 13.4. The van der Waals surface area contributed by atoms with Crippen LogP contribution in [0.5, 0.6) is 0 Å². The third-order valence-corrected chi connectivity index (χ3v) is 7.23. The second-order valence-electron chi connectivity index (χ2n) is 10.4. The maximum absolute atomic E-state index is 13.9. The molecule has 2 amide bonds. The van der Waals surface area contributed by atoms with Gasteiger partial charge in [-0.05, 0) is 43.4 Å². The van der Waals surface area contributed by atoms with E-state index < -0.39 is 67.6 Å². The molecule has 1 fully saturated rings. The third kappa shape index (κ3) is 7.56. The van der Waals surface area contributed by atoms with Crippen molar-refractivity contribution in [2.75, 3.05) is 6.67 Å². The Hall–Kier alpha value is -3.72. The topological polar surface area (TPSA) is 118 Å². The molecule has 1 aliphatic carbocycles. The number of alkyl halides is 7. The minimum Gasteiger partial charge on any atom is -0.347 e. The number of H-pyrrole nitrogens is 1. The van der Waals surface area contributed by atoms with Crippen LogP contribution in [0.1, 0.15) is 73.1 Å². The summed E-state index contributed by atoms with van der Waals surface area (Å²) in [6, 6.07) is 3.11. The van der Waals surface area contributed by atoms with E-state index in [9.17, 15) is 40.3 Å². The van der Waals surface area contributed by atoms with Gasteiger partial charge < -0.3 is 15.6 Å². The number of nitrogens with one attached hydrogen (secondary N) is 3. The van der Waals surface area contributed by atoms with E-state index in [1.807, 2.05) is 0 Å². The largest absolute Gasteiger partial charge is 0.347 e. The highest BCUT2D eigenvalue weighted by Crippen LogP contribution is 2.41. The maximum atomic E-state index is 13.9. The van der Waals surface area contributed by atoms with E-state index in [0.717, 1.165) is 11.0 Å². The van der Waals surface area contributed by atoms with Gasteiger partial charge in [0.2, 0.25) is 24.3 Å². The zero-order valence-electron chi connectivity index (χ0n) is 22.5. The summed E-state index contributed by atoms with van der Waals surface area (Å²) in [7, 11) is 0. The Bertz CT molecular complexity index is 1370. The van der Waals surface area contributed by atoms with Crippen molar-refractivity contribution in [3.8, 4) is 0 Å². The lowest BCUT2D eigenvalue weighted by Crippen LogP contribution is -2.39. The number of hydrogen-bond acceptors (Lipinski definition) is 5. The molecule has 0 spiro atoms. The van der Waals surface area contributed by atoms with Crippen LogP contribution in [0.4, 0.5) is 30.7 Å². The molecule has 2 heterocycles. The molecule has 0 bridgehead atoms. The number of halogens is 7. The smallest absolute Gasteiger partial charge is 0.291 e. The van der Waals surface area contributed by atoms with Gasteiger partial charge in [-0.1, -0.05) is 6.07 Å². The minimum absolute atomic E-state index is 0.0818. The predicted molar refractivity (Wildman–Crippen MR) is 136 cm³/mol. The van der Waals surface area contributed by atoms with Crippen molar-refractivity contribution in [2.45, 2.75) is 82.3 Å². The van der Waals surface area contributed by atoms with Crippen molar-refractivity contribution in [3.63, 3.8) is 0 Å². The normalized spacial score (nSPS) is 18.5. The monoisotopic (exact) mass is 605 g/mol. The van der Waals surface area contributed by atoms with Gasteiger partial charge in [0.25, 0.3) is 11.8 Å². The molecule has 16 heteroatoms. The quantitative estimate of drug-likeness (QED) is 0.253. The van der Waals surface area contributed by atoms with E-state index in [-0.39, 0.29) is 43.9 Å². The molecule has 4 rings (SSSR count). The summed E-state index contributed by atoms with van der Waals surface area (Å²) >= 11 is 0. The van der Waals surface area contributed by atoms with Crippen LogP contribution in [0.15, 0.2) is 24.5 Å². The van der Waals surface area contributed by atoms with Crippen LogP contribution in [0.2, 0.25) is 0 Å². The Morgan fingerprint density at radius 2 is 1.86 bits per heavy atom. The van der Waals surface area contributed by atoms with E-state index in [2.05, 4.69) is 30.7 Å². The van der Waals surface area contributed by atoms with E-state index in [1.165, 1.54) is 6.92 Å². The molecular weight excluding hydrogens is 575 g/mol. The molecule has 0 aliphatic heterocycles. The van der Waals surface area contributed by atoms with Gasteiger partial charge >= 0.3 is 0 Å². The third-order valence-electron chi connectivity index (χ3n) is 7.23. The SMILES string of the molecule is C[C@@H](NC(=O)C(F)C(F)CF)c1ccc2nc([C@@H](NC(=O)c3ncn(CCC(F)F)n3)C3CCC(F)(F)CC3)[nH]c2c1. The van der Waals surface area contributed by atoms with Crippen LogP contribution < -0.4 is 10.6 Å². The molecule has 9 nitrogen and oxygen atoms in total. The maximum Gasteiger partial charge on any atom is 0.291 e. The summed E-state index contributed by atoms with van der Waals surface area (Å²) in [5, 5.41) is 8.96. The molecule has 1 aliphatic rings. The minimum atomic E-state index is -2.83. The van der Waals surface area contributed by atoms with Crippen LogP contribution in [0.3, 0.4) is 0 Å². The van der Waals surface area contributed by atoms with Crippen LogP contribution in [0.25, 0.3) is 11.0 Å². The highest BCUT2D eigenvalue weighted by molar-refractivity contribution is 5.90. The number of amides is 2. The fraction of sp³-hybridized carbons (Fsp3) is 0.577. The van der Waals surface area contributed by atoms with Crippen molar-refractivity contribution >= 4 is 22.8 Å². The van der Waals surface area contributed by atoms with Gasteiger partial charge in [0.15, 0.2) is 6.17 Å². The number of carbonyl (C=O) groups is 2. The summed E-state index contributed by atoms with van der Waals surface area (Å²) in [6.07, 6.45) is -7.75. The predicted octanol–water partition coefficient (Wildman–Crippen LogP) is 4.93. The van der Waals surface area contributed by atoms with Gasteiger partial charge in [0.1, 0.15) is 18.8 Å². The number of aromatic nitrogens is 5. The first-order chi connectivity index (χ1) is 19.9. The Kier molecular flexibility index (Phi) is 9.71. The van der Waals surface area contributed by atoms with E-state index in [1.54, 1.807) is 18.2 Å². The molecule has 42 heavy (non-hydrogen) atoms. The van der Waals surface area contributed by atoms with Crippen LogP contribution in [-0.4, -0.2) is 67.9 Å². The molecule has 2 aromatic heterocycles. The van der Waals surface area contributed by atoms with E-state index >= 15 is 0 Å². The van der Waals surface area contributed by atoms with Crippen LogP contribution in [-0.2, 0) is 11.3 Å². The molecule has 3 N–H and O–H groups in total. The summed E-state index contributed by atoms with van der Waals surface area (Å²) in [4.78, 5) is 36.4. The number of aryl methyl sites for hydroxylation is 1. The molecule has 230 valence electrons. The zero-order chi connectivity index (χ0) is 30.6. The first-order valence-electron chi connectivity index (χ1n) is 13.4. The van der Waals surface area contributed by atoms with E-state index in [4.69, 9.17) is 0 Å². The van der Waals surface area contributed by atoms with Crippen LogP contribution in [0, 0.1) is 5.92 Å². The molecule has 1 saturated carbocycles. The van der Waals surface area contributed by atoms with Crippen molar-refractivity contribution in [3.05, 3.63) is 41.7 Å². The lowest BCUT2D eigenvalue weighted by atomic mass is 9.81. The summed E-state index contributed by atoms with van der Waals surface area (Å²) < 4.78 is 93.4. The summed E-state index contributed by atoms with van der Waals surface area (Å²) in [6.45, 7) is -0.274. The van der Waals surface area contributed by atoms with E-state index in [0.29, 0.717) is 16.6 Å². The van der Waals surface area contributed by atoms with Gasteiger partial charge in [0.05, 0.1) is 23.1 Å². The van der Waals surface area contributed by atoms with Gasteiger partial charge in [-0.25, -0.2) is 40.7 Å². The second-order valence-corrected chi connectivity index (χ2v) is 10.4. The van der Waals surface area contributed by atoms with Gasteiger partial charge in [-0.3, -0.25) is 14.3 Å². The molecule has 3 aromatic rings. The van der Waals surface area contributed by atoms with Crippen molar-refractivity contribution in [1.29, 1.82) is 0 Å². The summed E-state index contributed by atoms with van der Waals surface area (Å²) in [5.41, 5.74) is 1.36. The highest BCUT2D eigenvalue weighted by atomic mass is 19.3. The number of hydrogen-bond donors (Lipinski definition) is 3. The number of benzene rings is 1. The average Bonchev–Trinajstić information content (AvgIpc) is 3.61. The van der Waals surface area contributed by atoms with Gasteiger partial charge in [0, 0.05) is 25.8 Å². The second kappa shape index (κ2) is 13.1. The average molecular weight is 606 g/mol. The summed E-state index contributed by atoms with van der Waals surface area (Å²) in [5.74, 6) is -5.34. The first kappa shape index (κ1) is 31.2. The zero-order valence-corrected chi connectivity index (χ0v) is 22.5. The van der Waals surface area contributed by atoms with Crippen LogP contribution >= 0.6 is 0 Å². The van der Waals surface area contributed by atoms with Gasteiger partial charge in [-0.15, -0.1) is 5.10 Å². The lowest BCUT2D eigenvalue weighted by molar-refractivity contribution is -0.129. The number of nitrogens with zero attached hydrogens (tertiary/aromatic N) is 4. The number of aromatic amines is 1. The highest BCUT2D eigenvalue weighted by Gasteiger charge is 2.40. The fourth-order valence-corrected chi connectivity index (χ4v) is 4.83. The standard InChI is InChI=1S/C26H30F7N7O2/c1-13(35-24(41)20(31)16(28)11-27)15-2-3-17-18(10-15)37-22(36-17)21(14-4-7-26(32,33)8-5-14)38-25(42)23-34-12-40(39-23)9-6-19(29)30/h2-3,10,12-14,16,19-21H,4-9,11H2,1H3,(H,35,41)(H,36,37)(H,38,42)/t13-,16?,20?,21+/m1/s1. The van der Waals surface area contributed by atoms with Crippen molar-refractivity contribution in [2.24, 2.45) is 5.92 Å². The molecule has 4 atom stereocenters. The molecule has 0 saturated heterocycles. The van der Waals surface area contributed by atoms with Crippen molar-refractivity contribution in [1.82, 2.24) is 35.4 Å². The Labute approximate surface area is 235 Å². The molecule has 0 radical (unpaired) electrons. The Morgan fingerprint density at radius 3 is 2.52 bits per heavy atom. The molecular formula is C26H30F7N7O2. The fourth-order valence-electron chi connectivity index (χ4n) is 4.83. The Balaban J connectivity index is 1.55.